The van der Waals surface area contributed by atoms with Gasteiger partial charge in [0, 0.05) is 17.3 Å². The first kappa shape index (κ1) is 23.7. The number of halogens is 1. The number of hydrogen-bond donors (Lipinski definition) is 1. The average molecular weight is 494 g/mol. The molecule has 8 heteroatoms. The maximum absolute atomic E-state index is 13.5. The molecule has 1 fully saturated rings. The van der Waals surface area contributed by atoms with Crippen LogP contribution in [0.25, 0.3) is 0 Å². The maximum Gasteiger partial charge on any atom is 0.256 e. The SMILES string of the molecule is COc1ccc(CCN2C(=S)N(c3cccc(Cl)c3)C(=O)C2CC(=O)Nc2ccccc2)cc1. The van der Waals surface area contributed by atoms with E-state index in [4.69, 9.17) is 28.6 Å². The van der Waals surface area contributed by atoms with Gasteiger partial charge in [0.25, 0.3) is 5.91 Å². The minimum atomic E-state index is -0.714. The van der Waals surface area contributed by atoms with Crippen LogP contribution in [0.1, 0.15) is 12.0 Å². The number of hydrogen-bond acceptors (Lipinski definition) is 4. The van der Waals surface area contributed by atoms with Crippen LogP contribution < -0.4 is 15.0 Å². The van der Waals surface area contributed by atoms with E-state index in [0.29, 0.717) is 34.5 Å². The van der Waals surface area contributed by atoms with Crippen LogP contribution >= 0.6 is 23.8 Å². The standard InChI is InChI=1S/C26H24ClN3O3S/c1-33-22-12-10-18(11-13-22)14-15-29-23(17-24(31)28-20-7-3-2-4-8-20)25(32)30(26(29)34)21-9-5-6-19(27)16-21/h2-13,16,23H,14-15,17H2,1H3,(H,28,31). The van der Waals surface area contributed by atoms with Gasteiger partial charge in [0.05, 0.1) is 19.2 Å². The van der Waals surface area contributed by atoms with E-state index < -0.39 is 6.04 Å². The summed E-state index contributed by atoms with van der Waals surface area (Å²) in [5.74, 6) is 0.276. The molecule has 1 heterocycles. The molecule has 174 valence electrons. The van der Waals surface area contributed by atoms with E-state index in [1.807, 2.05) is 47.4 Å². The van der Waals surface area contributed by atoms with Gasteiger partial charge in [-0.15, -0.1) is 0 Å². The third-order valence-electron chi connectivity index (χ3n) is 5.62. The number of para-hydroxylation sites is 1. The Labute approximate surface area is 209 Å². The number of methoxy groups -OCH3 is 1. The highest BCUT2D eigenvalue weighted by Crippen LogP contribution is 2.29. The number of carbonyl (C=O) groups excluding carboxylic acids is 2. The fourth-order valence-corrected chi connectivity index (χ4v) is 4.49. The molecule has 6 nitrogen and oxygen atoms in total. The van der Waals surface area contributed by atoms with Crippen LogP contribution in [-0.4, -0.2) is 41.5 Å². The molecule has 0 aromatic heterocycles. The first-order valence-electron chi connectivity index (χ1n) is 10.8. The highest BCUT2D eigenvalue weighted by molar-refractivity contribution is 7.80. The van der Waals surface area contributed by atoms with E-state index in [1.54, 1.807) is 43.5 Å². The molecule has 2 amide bonds. The summed E-state index contributed by atoms with van der Waals surface area (Å²) in [6, 6.07) is 23.2. The number of rotatable bonds is 8. The molecule has 1 aliphatic rings. The van der Waals surface area contributed by atoms with E-state index in [0.717, 1.165) is 11.3 Å². The lowest BCUT2D eigenvalue weighted by molar-refractivity contribution is -0.124. The third-order valence-corrected chi connectivity index (χ3v) is 6.27. The van der Waals surface area contributed by atoms with Crippen LogP contribution in [0.4, 0.5) is 11.4 Å². The smallest absolute Gasteiger partial charge is 0.256 e. The predicted molar refractivity (Wildman–Crippen MR) is 138 cm³/mol. The first-order chi connectivity index (χ1) is 16.5. The Hall–Kier alpha value is -3.42. The van der Waals surface area contributed by atoms with Gasteiger partial charge in [-0.3, -0.25) is 14.5 Å². The van der Waals surface area contributed by atoms with Gasteiger partial charge in [-0.2, -0.15) is 0 Å². The van der Waals surface area contributed by atoms with E-state index in [9.17, 15) is 9.59 Å². The Morgan fingerprint density at radius 3 is 2.47 bits per heavy atom. The van der Waals surface area contributed by atoms with Crippen LogP contribution in [0, 0.1) is 0 Å². The van der Waals surface area contributed by atoms with Crippen molar-refractivity contribution in [1.29, 1.82) is 0 Å². The Morgan fingerprint density at radius 2 is 1.79 bits per heavy atom. The monoisotopic (exact) mass is 493 g/mol. The van der Waals surface area contributed by atoms with Crippen LogP contribution in [0.15, 0.2) is 78.9 Å². The molecule has 0 saturated carbocycles. The zero-order valence-electron chi connectivity index (χ0n) is 18.6. The summed E-state index contributed by atoms with van der Waals surface area (Å²) in [5, 5.41) is 3.72. The summed E-state index contributed by atoms with van der Waals surface area (Å²) >= 11 is 11.9. The molecular formula is C26H24ClN3O3S. The van der Waals surface area contributed by atoms with Crippen molar-refractivity contribution in [1.82, 2.24) is 4.90 Å². The number of benzene rings is 3. The summed E-state index contributed by atoms with van der Waals surface area (Å²) in [5.41, 5.74) is 2.34. The zero-order chi connectivity index (χ0) is 24.1. The minimum absolute atomic E-state index is 0.0203. The second-order valence-electron chi connectivity index (χ2n) is 7.86. The van der Waals surface area contributed by atoms with Crippen molar-refractivity contribution >= 4 is 52.1 Å². The molecule has 3 aromatic carbocycles. The van der Waals surface area contributed by atoms with E-state index in [2.05, 4.69) is 5.32 Å². The molecule has 4 rings (SSSR count). The minimum Gasteiger partial charge on any atom is -0.497 e. The second kappa shape index (κ2) is 10.7. The predicted octanol–water partition coefficient (Wildman–Crippen LogP) is 4.92. The number of nitrogens with zero attached hydrogens (tertiary/aromatic N) is 2. The average Bonchev–Trinajstić information content (AvgIpc) is 3.07. The Bertz CT molecular complexity index is 1190. The van der Waals surface area contributed by atoms with E-state index in [1.165, 1.54) is 4.90 Å². The quantitative estimate of drug-likeness (QED) is 0.451. The molecule has 34 heavy (non-hydrogen) atoms. The van der Waals surface area contributed by atoms with Gasteiger partial charge >= 0.3 is 0 Å². The fraction of sp³-hybridized carbons (Fsp3) is 0.192. The van der Waals surface area contributed by atoms with Crippen LogP contribution in [0.2, 0.25) is 5.02 Å². The van der Waals surface area contributed by atoms with Gasteiger partial charge in [0.2, 0.25) is 5.91 Å². The number of thiocarbonyl (C=S) groups is 1. The van der Waals surface area contributed by atoms with Gasteiger partial charge in [-0.25, -0.2) is 0 Å². The zero-order valence-corrected chi connectivity index (χ0v) is 20.2. The summed E-state index contributed by atoms with van der Waals surface area (Å²) in [6.45, 7) is 0.483. The molecule has 0 aliphatic carbocycles. The molecule has 0 spiro atoms. The lowest BCUT2D eigenvalue weighted by atomic mass is 10.1. The Morgan fingerprint density at radius 1 is 1.06 bits per heavy atom. The summed E-state index contributed by atoms with van der Waals surface area (Å²) in [6.07, 6.45) is 0.630. The van der Waals surface area contributed by atoms with Crippen molar-refractivity contribution in [2.75, 3.05) is 23.9 Å². The van der Waals surface area contributed by atoms with Crippen LogP contribution in [0.5, 0.6) is 5.75 Å². The molecule has 0 radical (unpaired) electrons. The van der Waals surface area contributed by atoms with E-state index >= 15 is 0 Å². The highest BCUT2D eigenvalue weighted by atomic mass is 35.5. The number of anilines is 2. The second-order valence-corrected chi connectivity index (χ2v) is 8.66. The number of carbonyl (C=O) groups is 2. The number of amides is 2. The van der Waals surface area contributed by atoms with E-state index in [-0.39, 0.29) is 18.2 Å². The topological polar surface area (TPSA) is 61.9 Å². The lowest BCUT2D eigenvalue weighted by Crippen LogP contribution is -2.39. The van der Waals surface area contributed by atoms with Gasteiger partial charge in [0.15, 0.2) is 5.11 Å². The lowest BCUT2D eigenvalue weighted by Gasteiger charge is -2.24. The molecule has 1 saturated heterocycles. The molecule has 1 aliphatic heterocycles. The van der Waals surface area contributed by atoms with Crippen LogP contribution in [-0.2, 0) is 16.0 Å². The summed E-state index contributed by atoms with van der Waals surface area (Å²) < 4.78 is 5.22. The van der Waals surface area contributed by atoms with Gasteiger partial charge in [-0.1, -0.05) is 48.0 Å². The van der Waals surface area contributed by atoms with Gasteiger partial charge in [-0.05, 0) is 66.7 Å². The first-order valence-corrected chi connectivity index (χ1v) is 11.6. The van der Waals surface area contributed by atoms with Crippen molar-refractivity contribution in [2.45, 2.75) is 18.9 Å². The third kappa shape index (κ3) is 5.38. The van der Waals surface area contributed by atoms with Crippen molar-refractivity contribution < 1.29 is 14.3 Å². The molecule has 1 atom stereocenters. The molecule has 1 N–H and O–H groups in total. The largest absolute Gasteiger partial charge is 0.497 e. The van der Waals surface area contributed by atoms with Crippen LogP contribution in [0.3, 0.4) is 0 Å². The van der Waals surface area contributed by atoms with Gasteiger partial charge in [0.1, 0.15) is 11.8 Å². The Balaban J connectivity index is 1.55. The highest BCUT2D eigenvalue weighted by Gasteiger charge is 2.43. The molecule has 3 aromatic rings. The Kier molecular flexibility index (Phi) is 7.45. The van der Waals surface area contributed by atoms with Crippen molar-refractivity contribution in [3.63, 3.8) is 0 Å². The van der Waals surface area contributed by atoms with Gasteiger partial charge < -0.3 is 15.0 Å². The van der Waals surface area contributed by atoms with Crippen molar-refractivity contribution in [3.05, 3.63) is 89.4 Å². The van der Waals surface area contributed by atoms with Crippen molar-refractivity contribution in [3.8, 4) is 5.75 Å². The summed E-state index contributed by atoms with van der Waals surface area (Å²) in [4.78, 5) is 29.6. The fourth-order valence-electron chi connectivity index (χ4n) is 3.89. The number of nitrogens with one attached hydrogen (secondary N) is 1. The normalized spacial score (nSPS) is 15.5. The van der Waals surface area contributed by atoms with Crippen molar-refractivity contribution in [2.24, 2.45) is 0 Å². The summed E-state index contributed by atoms with van der Waals surface area (Å²) in [7, 11) is 1.62. The molecule has 0 bridgehead atoms. The maximum atomic E-state index is 13.5. The molecular weight excluding hydrogens is 470 g/mol. The number of ether oxygens (including phenoxy) is 1. The molecule has 1 unspecified atom stereocenters.